The summed E-state index contributed by atoms with van der Waals surface area (Å²) in [6, 6.07) is 22.6. The number of fused-ring (bicyclic) bond motifs is 2. The molecule has 0 atom stereocenters. The van der Waals surface area contributed by atoms with Gasteiger partial charge in [0.1, 0.15) is 17.0 Å². The Hall–Kier alpha value is -4.49. The minimum Gasteiger partial charge on any atom is -0.492 e. The Kier molecular flexibility index (Phi) is 6.47. The van der Waals surface area contributed by atoms with Crippen molar-refractivity contribution >= 4 is 39.0 Å². The summed E-state index contributed by atoms with van der Waals surface area (Å²) >= 11 is 0. The second-order valence-corrected chi connectivity index (χ2v) is 8.23. The Bertz CT molecular complexity index is 1650. The molecule has 36 heavy (non-hydrogen) atoms. The van der Waals surface area contributed by atoms with Crippen LogP contribution in [0.3, 0.4) is 0 Å². The van der Waals surface area contributed by atoms with E-state index in [1.165, 1.54) is 0 Å². The van der Waals surface area contributed by atoms with Gasteiger partial charge in [-0.15, -0.1) is 0 Å². The summed E-state index contributed by atoms with van der Waals surface area (Å²) in [5, 5.41) is 15.4. The predicted octanol–water partition coefficient (Wildman–Crippen LogP) is 5.67. The smallest absolute Gasteiger partial charge is 0.261 e. The van der Waals surface area contributed by atoms with Crippen molar-refractivity contribution in [1.82, 2.24) is 4.98 Å². The summed E-state index contributed by atoms with van der Waals surface area (Å²) in [4.78, 5) is 22.7. The zero-order valence-electron chi connectivity index (χ0n) is 20.0. The second-order valence-electron chi connectivity index (χ2n) is 8.23. The molecule has 2 aromatic heterocycles. The Morgan fingerprint density at radius 1 is 1.06 bits per heavy atom. The lowest BCUT2D eigenvalue weighted by Gasteiger charge is -2.12. The fourth-order valence-corrected chi connectivity index (χ4v) is 4.12. The molecule has 5 aromatic rings. The lowest BCUT2D eigenvalue weighted by Crippen LogP contribution is -2.22. The average molecular weight is 480 g/mol. The van der Waals surface area contributed by atoms with Crippen molar-refractivity contribution in [3.63, 3.8) is 0 Å². The molecule has 0 spiro atoms. The van der Waals surface area contributed by atoms with Gasteiger partial charge in [0.2, 0.25) is 5.55 Å². The van der Waals surface area contributed by atoms with Crippen LogP contribution < -0.4 is 15.6 Å². The van der Waals surface area contributed by atoms with E-state index in [2.05, 4.69) is 15.3 Å². The summed E-state index contributed by atoms with van der Waals surface area (Å²) in [5.74, 6) is 0.192. The molecule has 7 heteroatoms. The fourth-order valence-electron chi connectivity index (χ4n) is 4.12. The summed E-state index contributed by atoms with van der Waals surface area (Å²) in [6.45, 7) is 3.93. The molecule has 0 saturated heterocycles. The molecule has 7 nitrogen and oxygen atoms in total. The Labute approximate surface area is 207 Å². The number of nitrogens with one attached hydrogen (secondary N) is 1. The molecule has 0 aliphatic rings. The van der Waals surface area contributed by atoms with Crippen molar-refractivity contribution in [2.45, 2.75) is 20.5 Å². The zero-order chi connectivity index (χ0) is 25.1. The zero-order valence-corrected chi connectivity index (χ0v) is 20.0. The number of ether oxygens (including phenoxy) is 1. The van der Waals surface area contributed by atoms with E-state index < -0.39 is 0 Å². The van der Waals surface area contributed by atoms with Crippen molar-refractivity contribution < 1.29 is 19.1 Å². The number of para-hydroxylation sites is 2. The molecule has 180 valence electrons. The third-order valence-corrected chi connectivity index (χ3v) is 5.89. The first kappa shape index (κ1) is 23.3. The highest BCUT2D eigenvalue weighted by Gasteiger charge is 2.18. The number of nitrogens with zero attached hydrogens (tertiary/aromatic N) is 2. The molecule has 3 aromatic carbocycles. The number of anilines is 1. The van der Waals surface area contributed by atoms with Gasteiger partial charge >= 0.3 is 0 Å². The van der Waals surface area contributed by atoms with E-state index in [-0.39, 0.29) is 23.6 Å². The quantitative estimate of drug-likeness (QED) is 0.327. The van der Waals surface area contributed by atoms with Gasteiger partial charge in [0.25, 0.3) is 5.91 Å². The first-order valence-electron chi connectivity index (χ1n) is 11.7. The van der Waals surface area contributed by atoms with Crippen LogP contribution in [0.2, 0.25) is 0 Å². The number of pyridine rings is 1. The molecule has 0 saturated carbocycles. The van der Waals surface area contributed by atoms with Crippen molar-refractivity contribution in [1.29, 1.82) is 0 Å². The predicted molar refractivity (Wildman–Crippen MR) is 139 cm³/mol. The summed E-state index contributed by atoms with van der Waals surface area (Å²) in [5.41, 5.74) is 3.18. The van der Waals surface area contributed by atoms with Gasteiger partial charge in [0.15, 0.2) is 5.58 Å². The van der Waals surface area contributed by atoms with Gasteiger partial charge in [0, 0.05) is 28.2 Å². The van der Waals surface area contributed by atoms with Crippen LogP contribution in [0, 0.1) is 6.92 Å². The van der Waals surface area contributed by atoms with Crippen molar-refractivity contribution in [3.8, 4) is 5.75 Å². The molecule has 2 heterocycles. The third-order valence-electron chi connectivity index (χ3n) is 5.89. The van der Waals surface area contributed by atoms with Crippen LogP contribution in [0.5, 0.6) is 5.75 Å². The first-order chi connectivity index (χ1) is 17.6. The number of hydrogen-bond donors (Lipinski definition) is 2. The minimum atomic E-state index is -0.386. The lowest BCUT2D eigenvalue weighted by atomic mass is 10.1. The van der Waals surface area contributed by atoms with Crippen LogP contribution in [0.25, 0.3) is 21.7 Å². The Balaban J connectivity index is 1.72. The lowest BCUT2D eigenvalue weighted by molar-refractivity contribution is 0.102. The number of aromatic nitrogens is 1. The van der Waals surface area contributed by atoms with Crippen LogP contribution in [-0.4, -0.2) is 22.6 Å². The summed E-state index contributed by atoms with van der Waals surface area (Å²) in [6.07, 6.45) is 1.58. The third kappa shape index (κ3) is 4.44. The normalized spacial score (nSPS) is 11.7. The fraction of sp³-hybridized carbons (Fsp3) is 0.138. The van der Waals surface area contributed by atoms with E-state index in [0.29, 0.717) is 46.0 Å². The van der Waals surface area contributed by atoms with E-state index in [1.807, 2.05) is 67.6 Å². The Morgan fingerprint density at radius 2 is 1.83 bits per heavy atom. The van der Waals surface area contributed by atoms with Crippen LogP contribution in [0.1, 0.15) is 28.5 Å². The highest BCUT2D eigenvalue weighted by Crippen LogP contribution is 2.28. The molecule has 5 rings (SSSR count). The highest BCUT2D eigenvalue weighted by atomic mass is 16.5. The molecular weight excluding hydrogens is 454 g/mol. The average Bonchev–Trinajstić information content (AvgIpc) is 2.90. The van der Waals surface area contributed by atoms with Gasteiger partial charge in [-0.1, -0.05) is 48.5 Å². The van der Waals surface area contributed by atoms with Crippen molar-refractivity contribution in [2.24, 2.45) is 4.99 Å². The number of aliphatic hydroxyl groups is 1. The van der Waals surface area contributed by atoms with Gasteiger partial charge < -0.3 is 19.6 Å². The van der Waals surface area contributed by atoms with Crippen LogP contribution in [0.4, 0.5) is 11.4 Å². The van der Waals surface area contributed by atoms with E-state index in [0.717, 1.165) is 10.8 Å². The van der Waals surface area contributed by atoms with Gasteiger partial charge in [-0.2, -0.15) is 0 Å². The maximum absolute atomic E-state index is 13.7. The number of hydrogen-bond acceptors (Lipinski definition) is 6. The SMILES string of the molecule is CCOc1ccccc1N=c1oc2c(C)ncc(CO)c2cc1C(=O)Nc1cccc2ccccc12. The first-order valence-corrected chi connectivity index (χ1v) is 11.7. The van der Waals surface area contributed by atoms with Crippen LogP contribution in [0.15, 0.2) is 88.4 Å². The van der Waals surface area contributed by atoms with Gasteiger partial charge in [0.05, 0.1) is 18.9 Å². The topological polar surface area (TPSA) is 97.0 Å². The molecule has 1 amide bonds. The number of aryl methyl sites for hydroxylation is 1. The van der Waals surface area contributed by atoms with Gasteiger partial charge in [-0.05, 0) is 43.5 Å². The van der Waals surface area contributed by atoms with Gasteiger partial charge in [-0.3, -0.25) is 9.78 Å². The van der Waals surface area contributed by atoms with Crippen LogP contribution >= 0.6 is 0 Å². The summed E-state index contributed by atoms with van der Waals surface area (Å²) < 4.78 is 11.9. The van der Waals surface area contributed by atoms with Gasteiger partial charge in [-0.25, -0.2) is 4.99 Å². The van der Waals surface area contributed by atoms with Crippen molar-refractivity contribution in [2.75, 3.05) is 11.9 Å². The maximum Gasteiger partial charge on any atom is 0.261 e. The standard InChI is InChI=1S/C29H25N3O4/c1-3-35-26-14-7-6-12-25(26)32-29-23(15-22-20(17-33)16-30-18(2)27(22)36-29)28(34)31-24-13-8-10-19-9-4-5-11-21(19)24/h4-16,33H,3,17H2,1-2H3,(H,31,34). The minimum absolute atomic E-state index is 0.118. The number of carbonyl (C=O) groups excluding carboxylic acids is 1. The largest absolute Gasteiger partial charge is 0.492 e. The molecule has 0 radical (unpaired) electrons. The highest BCUT2D eigenvalue weighted by molar-refractivity contribution is 6.10. The molecule has 0 aliphatic heterocycles. The van der Waals surface area contributed by atoms with E-state index in [9.17, 15) is 9.90 Å². The number of benzene rings is 3. The monoisotopic (exact) mass is 479 g/mol. The van der Waals surface area contributed by atoms with Crippen molar-refractivity contribution in [3.05, 3.63) is 101 Å². The molecular formula is C29H25N3O4. The van der Waals surface area contributed by atoms with E-state index in [1.54, 1.807) is 25.3 Å². The number of carbonyl (C=O) groups is 1. The maximum atomic E-state index is 13.7. The van der Waals surface area contributed by atoms with E-state index >= 15 is 0 Å². The molecule has 2 N–H and O–H groups in total. The Morgan fingerprint density at radius 3 is 2.67 bits per heavy atom. The van der Waals surface area contributed by atoms with Crippen LogP contribution in [-0.2, 0) is 6.61 Å². The summed E-state index contributed by atoms with van der Waals surface area (Å²) in [7, 11) is 0. The number of amides is 1. The van der Waals surface area contributed by atoms with E-state index in [4.69, 9.17) is 9.15 Å². The molecule has 0 unspecified atom stereocenters. The molecule has 0 bridgehead atoms. The molecule has 0 fully saturated rings. The molecule has 0 aliphatic carbocycles. The second kappa shape index (κ2) is 10.0. The number of aliphatic hydroxyl groups excluding tert-OH is 1. The number of rotatable bonds is 6.